The van der Waals surface area contributed by atoms with Crippen LogP contribution in [0.3, 0.4) is 0 Å². The highest BCUT2D eigenvalue weighted by Gasteiger charge is 2.13. The molecular weight excluding hydrogens is 410 g/mol. The van der Waals surface area contributed by atoms with E-state index >= 15 is 0 Å². The molecule has 2 aromatic heterocycles. The number of H-pyrrole nitrogens is 1. The van der Waals surface area contributed by atoms with Crippen molar-refractivity contribution in [1.29, 1.82) is 0 Å². The highest BCUT2D eigenvalue weighted by molar-refractivity contribution is 7.99. The van der Waals surface area contributed by atoms with E-state index in [9.17, 15) is 4.79 Å². The van der Waals surface area contributed by atoms with E-state index in [0.717, 1.165) is 17.0 Å². The van der Waals surface area contributed by atoms with Crippen molar-refractivity contribution in [2.45, 2.75) is 5.16 Å². The van der Waals surface area contributed by atoms with Crippen LogP contribution in [0.1, 0.15) is 10.5 Å². The molecule has 0 aliphatic carbocycles. The standard InChI is InChI=1S/C20H16ClN5O2S/c21-15-8-6-13(7-9-15)17-12-16(26-28-17)19(27)22-10-11-29-20-23-18(24-25-20)14-4-2-1-3-5-14/h1-9,12H,10-11H2,(H,22,27)(H,23,24,25). The Balaban J connectivity index is 1.26. The summed E-state index contributed by atoms with van der Waals surface area (Å²) in [5, 5.41) is 15.0. The minimum atomic E-state index is -0.297. The molecule has 0 aliphatic heterocycles. The van der Waals surface area contributed by atoms with Crippen molar-refractivity contribution < 1.29 is 9.32 Å². The fraction of sp³-hybridized carbons (Fsp3) is 0.100. The Bertz CT molecular complexity index is 1100. The first-order valence-corrected chi connectivity index (χ1v) is 10.2. The maximum atomic E-state index is 12.2. The number of aromatic nitrogens is 4. The number of hydrogen-bond acceptors (Lipinski definition) is 6. The van der Waals surface area contributed by atoms with E-state index in [0.29, 0.717) is 28.2 Å². The first-order chi connectivity index (χ1) is 14.2. The second kappa shape index (κ2) is 8.93. The van der Waals surface area contributed by atoms with Gasteiger partial charge in [0.1, 0.15) is 0 Å². The van der Waals surface area contributed by atoms with Crippen LogP contribution in [0.2, 0.25) is 5.02 Å². The van der Waals surface area contributed by atoms with Crippen LogP contribution in [0.15, 0.2) is 70.3 Å². The average molecular weight is 426 g/mol. The van der Waals surface area contributed by atoms with Crippen LogP contribution >= 0.6 is 23.4 Å². The zero-order chi connectivity index (χ0) is 20.1. The fourth-order valence-corrected chi connectivity index (χ4v) is 3.34. The topological polar surface area (TPSA) is 96.7 Å². The number of rotatable bonds is 7. The van der Waals surface area contributed by atoms with E-state index in [1.165, 1.54) is 11.8 Å². The Labute approximate surface area is 175 Å². The Kier molecular flexibility index (Phi) is 5.92. The Morgan fingerprint density at radius 1 is 1.10 bits per heavy atom. The van der Waals surface area contributed by atoms with E-state index in [4.69, 9.17) is 16.1 Å². The number of hydrogen-bond donors (Lipinski definition) is 2. The monoisotopic (exact) mass is 425 g/mol. The number of halogens is 1. The van der Waals surface area contributed by atoms with Crippen LogP contribution in [0.25, 0.3) is 22.7 Å². The van der Waals surface area contributed by atoms with E-state index in [2.05, 4.69) is 25.7 Å². The third kappa shape index (κ3) is 4.85. The minimum Gasteiger partial charge on any atom is -0.355 e. The van der Waals surface area contributed by atoms with Gasteiger partial charge < -0.3 is 9.84 Å². The molecule has 2 heterocycles. The molecule has 0 fully saturated rings. The summed E-state index contributed by atoms with van der Waals surface area (Å²) in [6.07, 6.45) is 0. The van der Waals surface area contributed by atoms with Gasteiger partial charge in [-0.15, -0.1) is 5.10 Å². The number of nitrogens with one attached hydrogen (secondary N) is 2. The number of thioether (sulfide) groups is 1. The zero-order valence-electron chi connectivity index (χ0n) is 15.1. The van der Waals surface area contributed by atoms with Gasteiger partial charge in [-0.05, 0) is 24.3 Å². The highest BCUT2D eigenvalue weighted by Crippen LogP contribution is 2.22. The smallest absolute Gasteiger partial charge is 0.273 e. The Morgan fingerprint density at radius 2 is 1.90 bits per heavy atom. The van der Waals surface area contributed by atoms with Crippen molar-refractivity contribution in [1.82, 2.24) is 25.7 Å². The van der Waals surface area contributed by atoms with Gasteiger partial charge in [0.05, 0.1) is 0 Å². The third-order valence-corrected chi connectivity index (χ3v) is 5.10. The Hall–Kier alpha value is -3.10. The second-order valence-corrected chi connectivity index (χ2v) is 7.52. The van der Waals surface area contributed by atoms with Gasteiger partial charge in [-0.1, -0.05) is 58.9 Å². The van der Waals surface area contributed by atoms with Gasteiger partial charge >= 0.3 is 0 Å². The first kappa shape index (κ1) is 19.2. The van der Waals surface area contributed by atoms with E-state index in [1.54, 1.807) is 18.2 Å². The predicted octanol–water partition coefficient (Wildman–Crippen LogP) is 4.30. The number of aromatic amines is 1. The lowest BCUT2D eigenvalue weighted by Crippen LogP contribution is -2.25. The van der Waals surface area contributed by atoms with Crippen molar-refractivity contribution >= 4 is 29.3 Å². The van der Waals surface area contributed by atoms with Crippen LogP contribution in [-0.2, 0) is 0 Å². The van der Waals surface area contributed by atoms with Gasteiger partial charge in [0.15, 0.2) is 17.3 Å². The van der Waals surface area contributed by atoms with Gasteiger partial charge in [0.2, 0.25) is 5.16 Å². The highest BCUT2D eigenvalue weighted by atomic mass is 35.5. The summed E-state index contributed by atoms with van der Waals surface area (Å²) >= 11 is 7.33. The molecule has 2 aromatic carbocycles. The van der Waals surface area contributed by atoms with Gasteiger partial charge in [-0.2, -0.15) is 0 Å². The maximum Gasteiger partial charge on any atom is 0.273 e. The number of nitrogens with zero attached hydrogens (tertiary/aromatic N) is 3. The molecule has 4 aromatic rings. The molecule has 146 valence electrons. The zero-order valence-corrected chi connectivity index (χ0v) is 16.7. The van der Waals surface area contributed by atoms with E-state index in [-0.39, 0.29) is 11.6 Å². The molecule has 0 aliphatic rings. The molecule has 1 amide bonds. The lowest BCUT2D eigenvalue weighted by molar-refractivity contribution is 0.0947. The molecule has 0 radical (unpaired) electrons. The first-order valence-electron chi connectivity index (χ1n) is 8.80. The molecule has 0 bridgehead atoms. The predicted molar refractivity (Wildman–Crippen MR) is 112 cm³/mol. The summed E-state index contributed by atoms with van der Waals surface area (Å²) in [6.45, 7) is 0.446. The molecule has 4 rings (SSSR count). The lowest BCUT2D eigenvalue weighted by atomic mass is 10.1. The molecule has 2 N–H and O–H groups in total. The number of carbonyl (C=O) groups excluding carboxylic acids is 1. The summed E-state index contributed by atoms with van der Waals surface area (Å²) in [7, 11) is 0. The van der Waals surface area contributed by atoms with Crippen LogP contribution in [0.4, 0.5) is 0 Å². The van der Waals surface area contributed by atoms with Crippen molar-refractivity contribution in [3.8, 4) is 22.7 Å². The normalized spacial score (nSPS) is 10.8. The summed E-state index contributed by atoms with van der Waals surface area (Å²) in [4.78, 5) is 16.7. The minimum absolute atomic E-state index is 0.226. The quantitative estimate of drug-likeness (QED) is 0.338. The molecule has 0 unspecified atom stereocenters. The van der Waals surface area contributed by atoms with Crippen LogP contribution in [-0.4, -0.2) is 38.5 Å². The summed E-state index contributed by atoms with van der Waals surface area (Å²) < 4.78 is 5.25. The van der Waals surface area contributed by atoms with Crippen molar-refractivity contribution in [3.63, 3.8) is 0 Å². The van der Waals surface area contributed by atoms with Gasteiger partial charge in [-0.25, -0.2) is 4.98 Å². The summed E-state index contributed by atoms with van der Waals surface area (Å²) in [5.41, 5.74) is 2.00. The maximum absolute atomic E-state index is 12.2. The van der Waals surface area contributed by atoms with Gasteiger partial charge in [0, 0.05) is 34.5 Å². The number of amides is 1. The fourth-order valence-electron chi connectivity index (χ4n) is 2.57. The largest absolute Gasteiger partial charge is 0.355 e. The average Bonchev–Trinajstić information content (AvgIpc) is 3.42. The molecule has 0 atom stereocenters. The van der Waals surface area contributed by atoms with Gasteiger partial charge in [-0.3, -0.25) is 9.89 Å². The lowest BCUT2D eigenvalue weighted by Gasteiger charge is -2.00. The SMILES string of the molecule is O=C(NCCSc1n[nH]c(-c2ccccc2)n1)c1cc(-c2ccc(Cl)cc2)on1. The van der Waals surface area contributed by atoms with Crippen molar-refractivity contribution in [3.05, 3.63) is 71.4 Å². The number of benzene rings is 2. The van der Waals surface area contributed by atoms with E-state index in [1.807, 2.05) is 42.5 Å². The third-order valence-electron chi connectivity index (χ3n) is 4.00. The molecule has 0 spiro atoms. The van der Waals surface area contributed by atoms with Crippen molar-refractivity contribution in [2.75, 3.05) is 12.3 Å². The van der Waals surface area contributed by atoms with Crippen LogP contribution in [0.5, 0.6) is 0 Å². The van der Waals surface area contributed by atoms with Crippen LogP contribution in [0, 0.1) is 0 Å². The second-order valence-electron chi connectivity index (χ2n) is 6.02. The molecule has 9 heteroatoms. The molecule has 0 saturated carbocycles. The van der Waals surface area contributed by atoms with Crippen LogP contribution < -0.4 is 5.32 Å². The molecule has 29 heavy (non-hydrogen) atoms. The molecule has 7 nitrogen and oxygen atoms in total. The van der Waals surface area contributed by atoms with Crippen molar-refractivity contribution in [2.24, 2.45) is 0 Å². The molecular formula is C20H16ClN5O2S. The summed E-state index contributed by atoms with van der Waals surface area (Å²) in [5.74, 6) is 1.55. The molecule has 0 saturated heterocycles. The number of carbonyl (C=O) groups is 1. The summed E-state index contributed by atoms with van der Waals surface area (Å²) in [6, 6.07) is 18.5. The van der Waals surface area contributed by atoms with E-state index < -0.39 is 0 Å². The van der Waals surface area contributed by atoms with Gasteiger partial charge in [0.25, 0.3) is 5.91 Å². The Morgan fingerprint density at radius 3 is 2.69 bits per heavy atom.